The van der Waals surface area contributed by atoms with Crippen molar-refractivity contribution in [1.29, 1.82) is 0 Å². The summed E-state index contributed by atoms with van der Waals surface area (Å²) in [4.78, 5) is 11.1. The lowest BCUT2D eigenvalue weighted by Gasteiger charge is -2.24. The summed E-state index contributed by atoms with van der Waals surface area (Å²) in [5.41, 5.74) is 1.44. The Morgan fingerprint density at radius 3 is 2.20 bits per heavy atom. The van der Waals surface area contributed by atoms with E-state index in [0.717, 1.165) is 22.7 Å². The molecule has 0 fully saturated rings. The molecule has 0 aliphatic heterocycles. The number of rotatable bonds is 8. The fraction of sp³-hybridized carbons (Fsp3) is 0.278. The van der Waals surface area contributed by atoms with Crippen molar-refractivity contribution in [3.05, 3.63) is 59.1 Å². The average Bonchev–Trinajstić information content (AvgIpc) is 2.57. The maximum atomic E-state index is 13.0. The first-order valence-electron chi connectivity index (χ1n) is 7.93. The van der Waals surface area contributed by atoms with E-state index < -0.39 is 16.0 Å². The highest BCUT2D eigenvalue weighted by Crippen LogP contribution is 2.26. The zero-order valence-electron chi connectivity index (χ0n) is 13.9. The highest BCUT2D eigenvalue weighted by atomic mass is 35.5. The summed E-state index contributed by atoms with van der Waals surface area (Å²) in [6, 6.07) is 13.0. The standard InChI is InChI=1S/C18H20ClNO4S/c1-2-3-14-4-10-17(11-5-14)25(23,24)20(13-12-18(21)22)16-8-6-15(19)7-9-16/h4-11H,2-3,12-13H2,1H3,(H,21,22). The molecule has 0 spiro atoms. The number of sulfonamides is 1. The Balaban J connectivity index is 2.39. The smallest absolute Gasteiger partial charge is 0.305 e. The summed E-state index contributed by atoms with van der Waals surface area (Å²) in [5, 5.41) is 9.42. The number of carboxylic acid groups (broad SMARTS) is 1. The van der Waals surface area contributed by atoms with E-state index in [1.165, 1.54) is 0 Å². The third-order valence-electron chi connectivity index (χ3n) is 3.69. The Morgan fingerprint density at radius 1 is 1.08 bits per heavy atom. The molecule has 0 unspecified atom stereocenters. The van der Waals surface area contributed by atoms with Crippen molar-refractivity contribution in [2.45, 2.75) is 31.1 Å². The van der Waals surface area contributed by atoms with Crippen molar-refractivity contribution < 1.29 is 18.3 Å². The van der Waals surface area contributed by atoms with Crippen molar-refractivity contribution in [3.8, 4) is 0 Å². The Morgan fingerprint density at radius 2 is 1.68 bits per heavy atom. The first-order chi connectivity index (χ1) is 11.8. The van der Waals surface area contributed by atoms with Gasteiger partial charge in [-0.1, -0.05) is 37.1 Å². The Bertz CT molecular complexity index is 817. The fourth-order valence-electron chi connectivity index (χ4n) is 2.44. The topological polar surface area (TPSA) is 74.7 Å². The van der Waals surface area contributed by atoms with Gasteiger partial charge in [-0.3, -0.25) is 9.10 Å². The number of halogens is 1. The van der Waals surface area contributed by atoms with Crippen LogP contribution in [0.1, 0.15) is 25.3 Å². The van der Waals surface area contributed by atoms with Gasteiger partial charge in [-0.15, -0.1) is 0 Å². The average molecular weight is 382 g/mol. The summed E-state index contributed by atoms with van der Waals surface area (Å²) in [7, 11) is -3.87. The van der Waals surface area contributed by atoms with Gasteiger partial charge < -0.3 is 5.11 Å². The fourth-order valence-corrected chi connectivity index (χ4v) is 4.03. The highest BCUT2D eigenvalue weighted by molar-refractivity contribution is 7.92. The summed E-state index contributed by atoms with van der Waals surface area (Å²) in [6.07, 6.45) is 1.55. The molecule has 2 aromatic rings. The number of carbonyl (C=O) groups is 1. The van der Waals surface area contributed by atoms with E-state index in [4.69, 9.17) is 16.7 Å². The molecule has 0 saturated carbocycles. The van der Waals surface area contributed by atoms with Gasteiger partial charge in [0.25, 0.3) is 10.0 Å². The van der Waals surface area contributed by atoms with Crippen LogP contribution in [-0.4, -0.2) is 26.0 Å². The zero-order valence-corrected chi connectivity index (χ0v) is 15.4. The Kier molecular flexibility index (Phi) is 6.45. The molecule has 0 aliphatic rings. The van der Waals surface area contributed by atoms with E-state index >= 15 is 0 Å². The summed E-state index contributed by atoms with van der Waals surface area (Å²) in [5.74, 6) is -1.06. The minimum atomic E-state index is -3.87. The second kappa shape index (κ2) is 8.36. The van der Waals surface area contributed by atoms with Crippen LogP contribution in [0.15, 0.2) is 53.4 Å². The first-order valence-corrected chi connectivity index (χ1v) is 9.75. The third kappa shape index (κ3) is 4.96. The van der Waals surface area contributed by atoms with Gasteiger partial charge in [0, 0.05) is 11.6 Å². The molecule has 134 valence electrons. The molecule has 5 nitrogen and oxygen atoms in total. The Hall–Kier alpha value is -2.05. The predicted molar refractivity (Wildman–Crippen MR) is 98.7 cm³/mol. The van der Waals surface area contributed by atoms with E-state index in [-0.39, 0.29) is 17.9 Å². The van der Waals surface area contributed by atoms with Crippen molar-refractivity contribution in [1.82, 2.24) is 0 Å². The van der Waals surface area contributed by atoms with Crippen LogP contribution in [0.25, 0.3) is 0 Å². The number of aryl methyl sites for hydroxylation is 1. The largest absolute Gasteiger partial charge is 0.481 e. The minimum Gasteiger partial charge on any atom is -0.481 e. The van der Waals surface area contributed by atoms with Crippen LogP contribution in [0.2, 0.25) is 5.02 Å². The molecule has 0 aliphatic carbocycles. The van der Waals surface area contributed by atoms with Crippen molar-refractivity contribution >= 4 is 33.3 Å². The lowest BCUT2D eigenvalue weighted by molar-refractivity contribution is -0.136. The molecule has 0 amide bonds. The second-order valence-electron chi connectivity index (χ2n) is 5.59. The van der Waals surface area contributed by atoms with Gasteiger partial charge in [0.15, 0.2) is 0 Å². The summed E-state index contributed by atoms with van der Waals surface area (Å²) in [6.45, 7) is 1.90. The summed E-state index contributed by atoms with van der Waals surface area (Å²) < 4.78 is 27.1. The number of benzene rings is 2. The number of hydrogen-bond acceptors (Lipinski definition) is 3. The molecule has 0 aromatic heterocycles. The molecular formula is C18H20ClNO4S. The summed E-state index contributed by atoms with van der Waals surface area (Å²) >= 11 is 5.86. The minimum absolute atomic E-state index is 0.132. The van der Waals surface area contributed by atoms with E-state index in [2.05, 4.69) is 6.92 Å². The lowest BCUT2D eigenvalue weighted by atomic mass is 10.1. The maximum Gasteiger partial charge on any atom is 0.305 e. The lowest BCUT2D eigenvalue weighted by Crippen LogP contribution is -2.33. The second-order valence-corrected chi connectivity index (χ2v) is 7.89. The van der Waals surface area contributed by atoms with Crippen molar-refractivity contribution in [3.63, 3.8) is 0 Å². The van der Waals surface area contributed by atoms with Crippen molar-refractivity contribution in [2.24, 2.45) is 0 Å². The normalized spacial score (nSPS) is 11.3. The Labute approximate surface area is 152 Å². The zero-order chi connectivity index (χ0) is 18.4. The molecule has 1 N–H and O–H groups in total. The molecule has 0 heterocycles. The molecule has 2 aromatic carbocycles. The van der Waals surface area contributed by atoms with Gasteiger partial charge >= 0.3 is 5.97 Å². The maximum absolute atomic E-state index is 13.0. The monoisotopic (exact) mass is 381 g/mol. The van der Waals surface area contributed by atoms with Gasteiger partial charge in [-0.05, 0) is 48.4 Å². The van der Waals surface area contributed by atoms with Gasteiger partial charge in [0.1, 0.15) is 0 Å². The van der Waals surface area contributed by atoms with E-state index in [9.17, 15) is 13.2 Å². The molecule has 2 rings (SSSR count). The number of hydrogen-bond donors (Lipinski definition) is 1. The van der Waals surface area contributed by atoms with Crippen LogP contribution < -0.4 is 4.31 Å². The van der Waals surface area contributed by atoms with Crippen LogP contribution in [0.5, 0.6) is 0 Å². The molecule has 0 saturated heterocycles. The molecule has 25 heavy (non-hydrogen) atoms. The quantitative estimate of drug-likeness (QED) is 0.750. The van der Waals surface area contributed by atoms with Crippen LogP contribution in [-0.2, 0) is 21.2 Å². The number of anilines is 1. The highest BCUT2D eigenvalue weighted by Gasteiger charge is 2.25. The molecule has 7 heteroatoms. The number of nitrogens with zero attached hydrogens (tertiary/aromatic N) is 1. The number of carboxylic acids is 1. The van der Waals surface area contributed by atoms with Crippen LogP contribution in [0.4, 0.5) is 5.69 Å². The molecular weight excluding hydrogens is 362 g/mol. The van der Waals surface area contributed by atoms with Gasteiger partial charge in [-0.2, -0.15) is 0 Å². The molecule has 0 radical (unpaired) electrons. The van der Waals surface area contributed by atoms with E-state index in [1.54, 1.807) is 48.5 Å². The molecule has 0 bridgehead atoms. The first kappa shape index (κ1) is 19.3. The third-order valence-corrected chi connectivity index (χ3v) is 5.79. The predicted octanol–water partition coefficient (Wildman–Crippen LogP) is 3.96. The number of aliphatic carboxylic acids is 1. The SMILES string of the molecule is CCCc1ccc(S(=O)(=O)N(CCC(=O)O)c2ccc(Cl)cc2)cc1. The van der Waals surface area contributed by atoms with Crippen LogP contribution in [0, 0.1) is 0 Å². The van der Waals surface area contributed by atoms with Gasteiger partial charge in [0.05, 0.1) is 17.0 Å². The van der Waals surface area contributed by atoms with Crippen LogP contribution >= 0.6 is 11.6 Å². The van der Waals surface area contributed by atoms with Gasteiger partial charge in [-0.25, -0.2) is 8.42 Å². The van der Waals surface area contributed by atoms with E-state index in [1.807, 2.05) is 0 Å². The van der Waals surface area contributed by atoms with E-state index in [0.29, 0.717) is 10.7 Å². The van der Waals surface area contributed by atoms with Gasteiger partial charge in [0.2, 0.25) is 0 Å². The van der Waals surface area contributed by atoms with Crippen molar-refractivity contribution in [2.75, 3.05) is 10.8 Å². The molecule has 0 atom stereocenters. The van der Waals surface area contributed by atoms with Crippen LogP contribution in [0.3, 0.4) is 0 Å².